The van der Waals surface area contributed by atoms with E-state index in [-0.39, 0.29) is 22.5 Å². The first kappa shape index (κ1) is 23.8. The highest BCUT2D eigenvalue weighted by Crippen LogP contribution is 2.76. The van der Waals surface area contributed by atoms with E-state index in [9.17, 15) is 9.59 Å². The zero-order valence-corrected chi connectivity index (χ0v) is 22.6. The largest absolute Gasteiger partial charge is 0.302 e. The lowest BCUT2D eigenvalue weighted by molar-refractivity contribution is -0.219. The van der Waals surface area contributed by atoms with Gasteiger partial charge in [0.05, 0.1) is 5.41 Å². The summed E-state index contributed by atoms with van der Waals surface area (Å²) < 4.78 is 0. The first-order chi connectivity index (χ1) is 15.3. The Kier molecular flexibility index (Phi) is 5.10. The van der Waals surface area contributed by atoms with Crippen molar-refractivity contribution in [2.24, 2.45) is 56.7 Å². The molecule has 4 saturated carbocycles. The predicted molar refractivity (Wildman–Crippen MR) is 135 cm³/mol. The Morgan fingerprint density at radius 1 is 0.848 bits per heavy atom. The molecule has 0 aromatic rings. The van der Waals surface area contributed by atoms with Crippen LogP contribution in [-0.4, -0.2) is 12.1 Å². The maximum atomic E-state index is 13.2. The topological polar surface area (TPSA) is 34.1 Å². The van der Waals surface area contributed by atoms with Crippen LogP contribution in [0.25, 0.3) is 0 Å². The predicted octanol–water partition coefficient (Wildman–Crippen LogP) is 7.80. The van der Waals surface area contributed by atoms with Crippen LogP contribution in [-0.2, 0) is 9.59 Å². The molecular formula is C31H48O2. The van der Waals surface area contributed by atoms with Crippen LogP contribution in [0, 0.1) is 56.7 Å². The van der Waals surface area contributed by atoms with Gasteiger partial charge in [0.1, 0.15) is 6.29 Å². The van der Waals surface area contributed by atoms with E-state index in [2.05, 4.69) is 55.4 Å². The molecule has 5 aliphatic carbocycles. The quantitative estimate of drug-likeness (QED) is 0.400. The van der Waals surface area contributed by atoms with E-state index >= 15 is 0 Å². The van der Waals surface area contributed by atoms with Crippen LogP contribution in [0.5, 0.6) is 0 Å². The Morgan fingerprint density at radius 3 is 2.18 bits per heavy atom. The minimum atomic E-state index is -0.493. The zero-order valence-electron chi connectivity index (χ0n) is 22.6. The van der Waals surface area contributed by atoms with Crippen molar-refractivity contribution >= 4 is 12.1 Å². The molecule has 8 atom stereocenters. The van der Waals surface area contributed by atoms with Gasteiger partial charge in [0, 0.05) is 6.42 Å². The summed E-state index contributed by atoms with van der Waals surface area (Å²) in [5.74, 6) is 3.25. The molecule has 0 aromatic carbocycles. The first-order valence-electron chi connectivity index (χ1n) is 14.0. The van der Waals surface area contributed by atoms with Crippen molar-refractivity contribution in [3.8, 4) is 0 Å². The van der Waals surface area contributed by atoms with Crippen molar-refractivity contribution < 1.29 is 9.59 Å². The molecule has 5 aliphatic rings. The van der Waals surface area contributed by atoms with Gasteiger partial charge in [-0.15, -0.1) is 0 Å². The molecular weight excluding hydrogens is 404 g/mol. The van der Waals surface area contributed by atoms with E-state index in [1.54, 1.807) is 0 Å². The highest BCUT2D eigenvalue weighted by atomic mass is 16.1. The van der Waals surface area contributed by atoms with E-state index in [0.717, 1.165) is 36.2 Å². The minimum absolute atomic E-state index is 0.184. The van der Waals surface area contributed by atoms with Crippen LogP contribution in [0.3, 0.4) is 0 Å². The number of carbonyl (C=O) groups excluding carboxylic acids is 2. The number of hydrogen-bond donors (Lipinski definition) is 0. The standard InChI is InChI=1S/C31H48O2/c1-19(2)25-22(33)17-31(18-32)16-15-29(7)21(26(25)31)9-10-24-28(6)13-11-20(3)27(4,5)23(28)12-14-30(24,29)8/h18-21,23-24H,9-17H2,1-8H3/t20-,21+,23-,24+,28-,29+,30+,31-/m0/s1. The third-order valence-electron chi connectivity index (χ3n) is 13.3. The highest BCUT2D eigenvalue weighted by Gasteiger charge is 2.69. The molecule has 0 radical (unpaired) electrons. The van der Waals surface area contributed by atoms with Gasteiger partial charge in [-0.05, 0) is 114 Å². The molecule has 0 aliphatic heterocycles. The van der Waals surface area contributed by atoms with Gasteiger partial charge in [0.2, 0.25) is 0 Å². The Balaban J connectivity index is 1.61. The lowest BCUT2D eigenvalue weighted by atomic mass is 9.32. The van der Waals surface area contributed by atoms with Crippen molar-refractivity contribution in [2.45, 2.75) is 113 Å². The van der Waals surface area contributed by atoms with Crippen LogP contribution < -0.4 is 0 Å². The average Bonchev–Trinajstić information content (AvgIpc) is 3.04. The number of ketones is 1. The molecule has 4 fully saturated rings. The van der Waals surface area contributed by atoms with E-state index in [1.165, 1.54) is 50.4 Å². The minimum Gasteiger partial charge on any atom is -0.302 e. The van der Waals surface area contributed by atoms with Gasteiger partial charge >= 0.3 is 0 Å². The van der Waals surface area contributed by atoms with E-state index < -0.39 is 5.41 Å². The summed E-state index contributed by atoms with van der Waals surface area (Å²) in [6, 6.07) is 0. The zero-order chi connectivity index (χ0) is 24.2. The molecule has 184 valence electrons. The molecule has 5 rings (SSSR count). The fraction of sp³-hybridized carbons (Fsp3) is 0.871. The summed E-state index contributed by atoms with van der Waals surface area (Å²) in [5, 5.41) is 0. The van der Waals surface area contributed by atoms with Gasteiger partial charge in [0.15, 0.2) is 5.78 Å². The maximum Gasteiger partial charge on any atom is 0.160 e. The first-order valence-corrected chi connectivity index (χ1v) is 14.0. The molecule has 0 amide bonds. The number of rotatable bonds is 2. The van der Waals surface area contributed by atoms with Crippen LogP contribution in [0.15, 0.2) is 11.1 Å². The maximum absolute atomic E-state index is 13.2. The summed E-state index contributed by atoms with van der Waals surface area (Å²) in [4.78, 5) is 25.8. The Morgan fingerprint density at radius 2 is 1.55 bits per heavy atom. The second-order valence-corrected chi connectivity index (χ2v) is 14.7. The molecule has 0 saturated heterocycles. The summed E-state index contributed by atoms with van der Waals surface area (Å²) in [7, 11) is 0. The van der Waals surface area contributed by atoms with Crippen molar-refractivity contribution in [2.75, 3.05) is 0 Å². The molecule has 0 spiro atoms. The lowest BCUT2D eigenvalue weighted by Crippen LogP contribution is -2.65. The second kappa shape index (κ2) is 7.07. The van der Waals surface area contributed by atoms with Crippen LogP contribution in [0.1, 0.15) is 113 Å². The van der Waals surface area contributed by atoms with Crippen molar-refractivity contribution in [1.29, 1.82) is 0 Å². The molecule has 0 unspecified atom stereocenters. The van der Waals surface area contributed by atoms with Crippen LogP contribution in [0.2, 0.25) is 0 Å². The Labute approximate surface area is 202 Å². The Hall–Kier alpha value is -0.920. The van der Waals surface area contributed by atoms with E-state index in [0.29, 0.717) is 23.2 Å². The highest BCUT2D eigenvalue weighted by molar-refractivity contribution is 6.03. The number of Topliss-reactive ketones (excluding diaryl/α,β-unsaturated/α-hetero) is 1. The number of carbonyl (C=O) groups is 2. The summed E-state index contributed by atoms with van der Waals surface area (Å²) in [5.41, 5.74) is 3.14. The lowest BCUT2D eigenvalue weighted by Gasteiger charge is -2.72. The molecule has 0 aromatic heterocycles. The fourth-order valence-corrected chi connectivity index (χ4v) is 11.0. The van der Waals surface area contributed by atoms with Gasteiger partial charge in [-0.3, -0.25) is 4.79 Å². The van der Waals surface area contributed by atoms with Crippen molar-refractivity contribution in [1.82, 2.24) is 0 Å². The molecule has 0 bridgehead atoms. The van der Waals surface area contributed by atoms with Crippen molar-refractivity contribution in [3.63, 3.8) is 0 Å². The Bertz CT molecular complexity index is 910. The molecule has 2 heteroatoms. The third kappa shape index (κ3) is 2.73. The number of hydrogen-bond acceptors (Lipinski definition) is 2. The average molecular weight is 453 g/mol. The number of fused-ring (bicyclic) bond motifs is 7. The van der Waals surface area contributed by atoms with Gasteiger partial charge in [0.25, 0.3) is 0 Å². The monoisotopic (exact) mass is 452 g/mol. The van der Waals surface area contributed by atoms with Gasteiger partial charge < -0.3 is 4.79 Å². The molecule has 0 heterocycles. The molecule has 2 nitrogen and oxygen atoms in total. The summed E-state index contributed by atoms with van der Waals surface area (Å²) in [6.45, 7) is 19.8. The third-order valence-corrected chi connectivity index (χ3v) is 13.3. The van der Waals surface area contributed by atoms with E-state index in [4.69, 9.17) is 0 Å². The smallest absolute Gasteiger partial charge is 0.160 e. The van der Waals surface area contributed by atoms with Crippen LogP contribution in [0.4, 0.5) is 0 Å². The van der Waals surface area contributed by atoms with Gasteiger partial charge in [-0.1, -0.05) is 55.4 Å². The van der Waals surface area contributed by atoms with Crippen LogP contribution >= 0.6 is 0 Å². The number of allylic oxidation sites excluding steroid dienone is 2. The second-order valence-electron chi connectivity index (χ2n) is 14.7. The SMILES string of the molecule is CC(C)C1=C2[C@H]3CC[C@@H]4[C@@]5(C)CC[C@H](C)C(C)(C)[C@@H]5CC[C@@]4(C)[C@]3(C)CC[C@@]2(C=O)CC1=O. The normalized spacial score (nSPS) is 51.0. The van der Waals surface area contributed by atoms with Gasteiger partial charge in [-0.2, -0.15) is 0 Å². The fourth-order valence-electron chi connectivity index (χ4n) is 11.0. The number of aldehydes is 1. The molecule has 0 N–H and O–H groups in total. The van der Waals surface area contributed by atoms with E-state index in [1.807, 2.05) is 0 Å². The van der Waals surface area contributed by atoms with Crippen molar-refractivity contribution in [3.05, 3.63) is 11.1 Å². The summed E-state index contributed by atoms with van der Waals surface area (Å²) >= 11 is 0. The van der Waals surface area contributed by atoms with Gasteiger partial charge in [-0.25, -0.2) is 0 Å². The summed E-state index contributed by atoms with van der Waals surface area (Å²) in [6.07, 6.45) is 11.4. The molecule has 33 heavy (non-hydrogen) atoms.